The van der Waals surface area contributed by atoms with Crippen LogP contribution in [0.2, 0.25) is 0 Å². The van der Waals surface area contributed by atoms with E-state index in [0.717, 1.165) is 5.52 Å². The molecule has 2 rings (SSSR count). The van der Waals surface area contributed by atoms with Gasteiger partial charge in [0.15, 0.2) is 12.6 Å². The van der Waals surface area contributed by atoms with Gasteiger partial charge in [-0.25, -0.2) is 0 Å². The molecule has 0 radical (unpaired) electrons. The highest BCUT2D eigenvalue weighted by Crippen LogP contribution is 2.07. The van der Waals surface area contributed by atoms with Crippen molar-refractivity contribution in [3.63, 3.8) is 0 Å². The van der Waals surface area contributed by atoms with Crippen LogP contribution in [-0.2, 0) is 9.59 Å². The fourth-order valence-corrected chi connectivity index (χ4v) is 1.02. The van der Waals surface area contributed by atoms with Gasteiger partial charge in [0.1, 0.15) is 0 Å². The second-order valence-electron chi connectivity index (χ2n) is 2.47. The third-order valence-electron chi connectivity index (χ3n) is 1.57. The van der Waals surface area contributed by atoms with E-state index in [1.165, 1.54) is 5.39 Å². The van der Waals surface area contributed by atoms with Crippen molar-refractivity contribution in [1.29, 1.82) is 0 Å². The molecule has 0 amide bonds. The Morgan fingerprint density at radius 3 is 2.06 bits per heavy atom. The monoisotopic (exact) mass is 215 g/mol. The van der Waals surface area contributed by atoms with Gasteiger partial charge in [0.05, 0.1) is 5.52 Å². The number of hydrogen-bond donors (Lipinski definition) is 0. The minimum absolute atomic E-state index is 0.194. The van der Waals surface area contributed by atoms with E-state index in [1.54, 1.807) is 0 Å². The third-order valence-corrected chi connectivity index (χ3v) is 1.57. The van der Waals surface area contributed by atoms with E-state index in [2.05, 4.69) is 30.3 Å². The van der Waals surface area contributed by atoms with Crippen molar-refractivity contribution in [1.82, 2.24) is 4.98 Å². The van der Waals surface area contributed by atoms with Gasteiger partial charge >= 0.3 is 0 Å². The maximum Gasteiger partial charge on any atom is 0.182 e. The lowest BCUT2D eigenvalue weighted by atomic mass is 10.2. The number of pyridine rings is 1. The topological polar surface area (TPSA) is 47.0 Å². The first-order chi connectivity index (χ1) is 7.88. The van der Waals surface area contributed by atoms with E-state index in [4.69, 9.17) is 9.59 Å². The predicted octanol–water partition coefficient (Wildman–Crippen LogP) is 2.42. The van der Waals surface area contributed by atoms with Gasteiger partial charge in [0.25, 0.3) is 0 Å². The van der Waals surface area contributed by atoms with Crippen LogP contribution in [0.15, 0.2) is 55.8 Å². The Morgan fingerprint density at radius 1 is 0.938 bits per heavy atom. The largest absolute Gasteiger partial charge is 0.295 e. The van der Waals surface area contributed by atoms with Crippen molar-refractivity contribution in [2.24, 2.45) is 0 Å². The lowest BCUT2D eigenvalue weighted by molar-refractivity contribution is -0.122. The van der Waals surface area contributed by atoms with Gasteiger partial charge in [-0.2, -0.15) is 0 Å². The lowest BCUT2D eigenvalue weighted by Gasteiger charge is -1.91. The number of aldehydes is 2. The van der Waals surface area contributed by atoms with Crippen LogP contribution in [0, 0.1) is 0 Å². The maximum atomic E-state index is 8.81. The summed E-state index contributed by atoms with van der Waals surface area (Å²) in [6, 6.07) is 12.1. The number of carbonyl (C=O) groups excluding carboxylic acids is 2. The molecule has 1 aromatic carbocycles. The summed E-state index contributed by atoms with van der Waals surface area (Å²) in [7, 11) is 0. The molecule has 0 unspecified atom stereocenters. The fourth-order valence-electron chi connectivity index (χ4n) is 1.02. The number of carbonyl (C=O) groups is 2. The van der Waals surface area contributed by atoms with Gasteiger partial charge in [0, 0.05) is 11.6 Å². The van der Waals surface area contributed by atoms with Crippen LogP contribution in [0.3, 0.4) is 0 Å². The molecule has 0 bridgehead atoms. The molecular formula is C13H13NO2. The summed E-state index contributed by atoms with van der Waals surface area (Å²) in [5, 5.41) is 1.20. The average molecular weight is 215 g/mol. The van der Waals surface area contributed by atoms with Gasteiger partial charge < -0.3 is 0 Å². The summed E-state index contributed by atoms with van der Waals surface area (Å²) in [6.45, 7) is 6.00. The molecule has 1 aromatic heterocycles. The Morgan fingerprint density at radius 2 is 1.50 bits per heavy atom. The highest BCUT2D eigenvalue weighted by atomic mass is 16.2. The molecule has 0 fully saturated rings. The van der Waals surface area contributed by atoms with Crippen LogP contribution >= 0.6 is 0 Å². The standard InChI is InChI=1S/C9H7N.C2H2O2.C2H4/c1-2-6-9-8(4-1)5-3-7-10-9;3-1-2-4;1-2/h1-7H;1-2H;1-2H2. The molecular weight excluding hydrogens is 202 g/mol. The minimum Gasteiger partial charge on any atom is -0.295 e. The normalized spacial score (nSPS) is 7.75. The summed E-state index contributed by atoms with van der Waals surface area (Å²) >= 11 is 0. The zero-order valence-corrected chi connectivity index (χ0v) is 8.87. The van der Waals surface area contributed by atoms with Crippen molar-refractivity contribution in [3.8, 4) is 0 Å². The van der Waals surface area contributed by atoms with E-state index in [1.807, 2.05) is 30.5 Å². The van der Waals surface area contributed by atoms with E-state index in [-0.39, 0.29) is 12.6 Å². The van der Waals surface area contributed by atoms with Crippen LogP contribution < -0.4 is 0 Å². The van der Waals surface area contributed by atoms with Gasteiger partial charge in [-0.3, -0.25) is 14.6 Å². The van der Waals surface area contributed by atoms with E-state index in [0.29, 0.717) is 0 Å². The Hall–Kier alpha value is -2.29. The molecule has 1 heterocycles. The Balaban J connectivity index is 0.000000323. The molecule has 2 aromatic rings. The van der Waals surface area contributed by atoms with E-state index < -0.39 is 0 Å². The molecule has 0 atom stereocenters. The second kappa shape index (κ2) is 9.27. The predicted molar refractivity (Wildman–Crippen MR) is 65.1 cm³/mol. The second-order valence-corrected chi connectivity index (χ2v) is 2.47. The first-order valence-corrected chi connectivity index (χ1v) is 4.57. The van der Waals surface area contributed by atoms with Crippen molar-refractivity contribution in [2.45, 2.75) is 0 Å². The minimum atomic E-state index is 0.194. The molecule has 0 aliphatic rings. The number of fused-ring (bicyclic) bond motifs is 1. The first kappa shape index (κ1) is 13.7. The smallest absolute Gasteiger partial charge is 0.182 e. The molecule has 0 aliphatic heterocycles. The molecule has 0 saturated carbocycles. The van der Waals surface area contributed by atoms with Crippen LogP contribution in [-0.4, -0.2) is 17.6 Å². The van der Waals surface area contributed by atoms with Gasteiger partial charge in [-0.15, -0.1) is 13.2 Å². The third kappa shape index (κ3) is 4.81. The highest BCUT2D eigenvalue weighted by molar-refractivity contribution is 6.09. The summed E-state index contributed by atoms with van der Waals surface area (Å²) in [5.74, 6) is 0. The molecule has 3 heteroatoms. The number of hydrogen-bond acceptors (Lipinski definition) is 3. The lowest BCUT2D eigenvalue weighted by Crippen LogP contribution is -1.73. The Labute approximate surface area is 94.4 Å². The van der Waals surface area contributed by atoms with Crippen molar-refractivity contribution in [3.05, 3.63) is 55.8 Å². The molecule has 3 nitrogen and oxygen atoms in total. The summed E-state index contributed by atoms with van der Waals surface area (Å²) in [5.41, 5.74) is 1.06. The van der Waals surface area contributed by atoms with Gasteiger partial charge in [-0.1, -0.05) is 24.3 Å². The van der Waals surface area contributed by atoms with Crippen molar-refractivity contribution < 1.29 is 9.59 Å². The molecule has 0 spiro atoms. The zero-order chi connectivity index (χ0) is 12.2. The highest BCUT2D eigenvalue weighted by Gasteiger charge is 1.86. The number of nitrogens with zero attached hydrogens (tertiary/aromatic N) is 1. The van der Waals surface area contributed by atoms with Crippen LogP contribution in [0.1, 0.15) is 0 Å². The van der Waals surface area contributed by atoms with Crippen molar-refractivity contribution >= 4 is 23.5 Å². The molecule has 0 saturated heterocycles. The number of rotatable bonds is 1. The van der Waals surface area contributed by atoms with Crippen molar-refractivity contribution in [2.75, 3.05) is 0 Å². The maximum absolute atomic E-state index is 8.81. The molecule has 0 aliphatic carbocycles. The first-order valence-electron chi connectivity index (χ1n) is 4.57. The Kier molecular flexibility index (Phi) is 7.95. The number of aromatic nitrogens is 1. The average Bonchev–Trinajstić information content (AvgIpc) is 2.41. The Bertz CT molecular complexity index is 369. The van der Waals surface area contributed by atoms with Crippen LogP contribution in [0.25, 0.3) is 10.9 Å². The SMILES string of the molecule is C=C.O=CC=O.c1ccc2ncccc2c1. The van der Waals surface area contributed by atoms with Crippen LogP contribution in [0.5, 0.6) is 0 Å². The van der Waals surface area contributed by atoms with E-state index in [9.17, 15) is 0 Å². The van der Waals surface area contributed by atoms with Gasteiger partial charge in [0.2, 0.25) is 0 Å². The fraction of sp³-hybridized carbons (Fsp3) is 0. The molecule has 0 N–H and O–H groups in total. The summed E-state index contributed by atoms with van der Waals surface area (Å²) in [6.07, 6.45) is 2.20. The van der Waals surface area contributed by atoms with Gasteiger partial charge in [-0.05, 0) is 12.1 Å². The number of para-hydroxylation sites is 1. The summed E-state index contributed by atoms with van der Waals surface area (Å²) < 4.78 is 0. The molecule has 16 heavy (non-hydrogen) atoms. The van der Waals surface area contributed by atoms with Crippen LogP contribution in [0.4, 0.5) is 0 Å². The number of benzene rings is 1. The zero-order valence-electron chi connectivity index (χ0n) is 8.87. The molecule has 82 valence electrons. The quantitative estimate of drug-likeness (QED) is 0.417. The summed E-state index contributed by atoms with van der Waals surface area (Å²) in [4.78, 5) is 21.8. The van der Waals surface area contributed by atoms with E-state index >= 15 is 0 Å².